The van der Waals surface area contributed by atoms with Crippen LogP contribution in [0.25, 0.3) is 0 Å². The van der Waals surface area contributed by atoms with Crippen LogP contribution in [0.15, 0.2) is 23.3 Å². The van der Waals surface area contributed by atoms with Crippen molar-refractivity contribution in [1.82, 2.24) is 0 Å². The summed E-state index contributed by atoms with van der Waals surface area (Å²) in [5.41, 5.74) is 2.70. The lowest BCUT2D eigenvalue weighted by Crippen LogP contribution is -2.21. The van der Waals surface area contributed by atoms with E-state index < -0.39 is 0 Å². The molecule has 0 heterocycles. The third kappa shape index (κ3) is 10.8. The number of allylic oxidation sites excluding steroid dienone is 4. The fraction of sp³-hybridized carbons (Fsp3) is 0.688. The van der Waals surface area contributed by atoms with E-state index in [1.807, 2.05) is 0 Å². The highest BCUT2D eigenvalue weighted by Gasteiger charge is 2.18. The predicted octanol–water partition coefficient (Wildman–Crippen LogP) is 4.88. The summed E-state index contributed by atoms with van der Waals surface area (Å²) in [6.45, 7) is 11.0. The van der Waals surface area contributed by atoms with Gasteiger partial charge < -0.3 is 4.74 Å². The van der Waals surface area contributed by atoms with Gasteiger partial charge in [0.2, 0.25) is 0 Å². The van der Waals surface area contributed by atoms with Crippen LogP contribution < -0.4 is 0 Å². The van der Waals surface area contributed by atoms with E-state index in [1.54, 1.807) is 0 Å². The molecule has 0 bridgehead atoms. The molecule has 0 radical (unpaired) electrons. The topological polar surface area (TPSA) is 26.3 Å². The molecule has 19 heavy (non-hydrogen) atoms. The minimum Gasteiger partial charge on any atom is -0.464 e. The van der Waals surface area contributed by atoms with Crippen molar-refractivity contribution in [2.75, 3.05) is 12.5 Å². The van der Waals surface area contributed by atoms with Crippen molar-refractivity contribution < 1.29 is 9.53 Å². The second-order valence-electron chi connectivity index (χ2n) is 6.03. The van der Waals surface area contributed by atoms with Crippen molar-refractivity contribution in [1.29, 1.82) is 0 Å². The van der Waals surface area contributed by atoms with Gasteiger partial charge in [-0.3, -0.25) is 4.79 Å². The Balaban J connectivity index is 4.12. The lowest BCUT2D eigenvalue weighted by molar-refractivity contribution is -0.143. The summed E-state index contributed by atoms with van der Waals surface area (Å²) in [5.74, 6) is -0.424. The van der Waals surface area contributed by atoms with Gasteiger partial charge in [0, 0.05) is 5.41 Å². The molecule has 0 aliphatic heterocycles. The van der Waals surface area contributed by atoms with Gasteiger partial charge in [0.15, 0.2) is 0 Å². The van der Waals surface area contributed by atoms with Crippen molar-refractivity contribution >= 4 is 17.6 Å². The fourth-order valence-electron chi connectivity index (χ4n) is 1.51. The summed E-state index contributed by atoms with van der Waals surface area (Å²) in [6, 6.07) is 0. The third-order valence-corrected chi connectivity index (χ3v) is 3.05. The highest BCUT2D eigenvalue weighted by molar-refractivity contribution is 6.26. The zero-order valence-corrected chi connectivity index (χ0v) is 13.6. The number of halogens is 1. The summed E-state index contributed by atoms with van der Waals surface area (Å²) in [6.07, 6.45) is 7.58. The van der Waals surface area contributed by atoms with Crippen molar-refractivity contribution in [3.8, 4) is 0 Å². The second-order valence-corrected chi connectivity index (χ2v) is 6.30. The van der Waals surface area contributed by atoms with E-state index in [2.05, 4.69) is 46.8 Å². The molecule has 0 aliphatic rings. The quantitative estimate of drug-likeness (QED) is 0.361. The Labute approximate surface area is 122 Å². The largest absolute Gasteiger partial charge is 0.464 e. The molecule has 110 valence electrons. The lowest BCUT2D eigenvalue weighted by Gasteiger charge is -2.22. The molecule has 0 rings (SSSR count). The number of carbonyl (C=O) groups is 1. The molecule has 0 aromatic carbocycles. The Bertz CT molecular complexity index is 337. The van der Waals surface area contributed by atoms with Gasteiger partial charge in [-0.15, -0.1) is 11.6 Å². The van der Waals surface area contributed by atoms with Crippen molar-refractivity contribution in [2.24, 2.45) is 5.41 Å². The average Bonchev–Trinajstić information content (AvgIpc) is 2.33. The molecule has 0 fully saturated rings. The van der Waals surface area contributed by atoms with Crippen molar-refractivity contribution in [3.63, 3.8) is 0 Å². The lowest BCUT2D eigenvalue weighted by atomic mass is 9.89. The van der Waals surface area contributed by atoms with E-state index in [1.165, 1.54) is 11.1 Å². The van der Waals surface area contributed by atoms with Gasteiger partial charge >= 0.3 is 5.97 Å². The van der Waals surface area contributed by atoms with Gasteiger partial charge in [-0.05, 0) is 40.0 Å². The highest BCUT2D eigenvalue weighted by atomic mass is 35.5. The first-order chi connectivity index (χ1) is 8.76. The van der Waals surface area contributed by atoms with Crippen LogP contribution in [0.5, 0.6) is 0 Å². The third-order valence-electron chi connectivity index (χ3n) is 2.83. The van der Waals surface area contributed by atoms with E-state index in [4.69, 9.17) is 16.3 Å². The van der Waals surface area contributed by atoms with Gasteiger partial charge in [0.05, 0.1) is 6.61 Å². The summed E-state index contributed by atoms with van der Waals surface area (Å²) < 4.78 is 5.09. The van der Waals surface area contributed by atoms with Gasteiger partial charge in [0.1, 0.15) is 5.88 Å². The van der Waals surface area contributed by atoms with Gasteiger partial charge in [-0.2, -0.15) is 0 Å². The standard InChI is InChI=1S/C16H27ClO2/c1-13(2)7-6-8-14(3)9-10-16(4,5)12-19-15(18)11-17/h7,9H,6,8,10-12H2,1-5H3. The molecule has 0 saturated heterocycles. The van der Waals surface area contributed by atoms with Gasteiger partial charge in [-0.1, -0.05) is 37.1 Å². The highest BCUT2D eigenvalue weighted by Crippen LogP contribution is 2.23. The Morgan fingerprint density at radius 1 is 1.21 bits per heavy atom. The Morgan fingerprint density at radius 3 is 2.37 bits per heavy atom. The number of esters is 1. The number of alkyl halides is 1. The molecule has 0 aliphatic carbocycles. The molecular formula is C16H27ClO2. The maximum Gasteiger partial charge on any atom is 0.320 e. The van der Waals surface area contributed by atoms with E-state index in [9.17, 15) is 4.79 Å². The molecule has 0 spiro atoms. The molecular weight excluding hydrogens is 260 g/mol. The smallest absolute Gasteiger partial charge is 0.320 e. The minimum absolute atomic E-state index is 0.0422. The number of hydrogen-bond donors (Lipinski definition) is 0. The van der Waals surface area contributed by atoms with Crippen LogP contribution in [0.4, 0.5) is 0 Å². The fourth-order valence-corrected chi connectivity index (χ4v) is 1.59. The monoisotopic (exact) mass is 286 g/mol. The maximum absolute atomic E-state index is 11.0. The van der Waals surface area contributed by atoms with Crippen LogP contribution in [0, 0.1) is 5.41 Å². The summed E-state index contributed by atoms with van der Waals surface area (Å²) >= 11 is 5.40. The molecule has 0 aromatic heterocycles. The molecule has 3 heteroatoms. The van der Waals surface area contributed by atoms with Crippen LogP contribution in [-0.4, -0.2) is 18.5 Å². The first-order valence-electron chi connectivity index (χ1n) is 6.77. The first-order valence-corrected chi connectivity index (χ1v) is 7.31. The van der Waals surface area contributed by atoms with Crippen LogP contribution >= 0.6 is 11.6 Å². The van der Waals surface area contributed by atoms with Gasteiger partial charge in [-0.25, -0.2) is 0 Å². The van der Waals surface area contributed by atoms with Crippen LogP contribution in [0.1, 0.15) is 53.9 Å². The zero-order valence-electron chi connectivity index (χ0n) is 12.9. The molecule has 0 N–H and O–H groups in total. The van der Waals surface area contributed by atoms with Crippen molar-refractivity contribution in [2.45, 2.75) is 53.9 Å². The summed E-state index contributed by atoms with van der Waals surface area (Å²) in [4.78, 5) is 11.0. The SMILES string of the molecule is CC(C)=CCCC(C)=CCC(C)(C)COC(=O)CCl. The molecule has 0 atom stereocenters. The molecule has 0 amide bonds. The molecule has 0 saturated carbocycles. The summed E-state index contributed by atoms with van der Waals surface area (Å²) in [5, 5.41) is 0. The van der Waals surface area contributed by atoms with Crippen LogP contribution in [-0.2, 0) is 9.53 Å². The number of rotatable bonds is 8. The van der Waals surface area contributed by atoms with Crippen LogP contribution in [0.3, 0.4) is 0 Å². The minimum atomic E-state index is -0.348. The molecule has 0 unspecified atom stereocenters. The molecule has 2 nitrogen and oxygen atoms in total. The number of hydrogen-bond acceptors (Lipinski definition) is 2. The summed E-state index contributed by atoms with van der Waals surface area (Å²) in [7, 11) is 0. The normalized spacial score (nSPS) is 12.2. The first kappa shape index (κ1) is 18.2. The number of carbonyl (C=O) groups excluding carboxylic acids is 1. The van der Waals surface area contributed by atoms with Crippen molar-refractivity contribution in [3.05, 3.63) is 23.3 Å². The number of ether oxygens (including phenoxy) is 1. The van der Waals surface area contributed by atoms with Crippen LogP contribution in [0.2, 0.25) is 0 Å². The Morgan fingerprint density at radius 2 is 1.84 bits per heavy atom. The molecule has 0 aromatic rings. The Hall–Kier alpha value is -0.760. The van der Waals surface area contributed by atoms with E-state index >= 15 is 0 Å². The zero-order chi connectivity index (χ0) is 14.9. The maximum atomic E-state index is 11.0. The van der Waals surface area contributed by atoms with E-state index in [-0.39, 0.29) is 17.3 Å². The Kier molecular flexibility index (Phi) is 8.82. The second kappa shape index (κ2) is 9.19. The average molecular weight is 287 g/mol. The predicted molar refractivity (Wildman–Crippen MR) is 82.5 cm³/mol. The van der Waals surface area contributed by atoms with E-state index in [0.29, 0.717) is 6.61 Å². The van der Waals surface area contributed by atoms with E-state index in [0.717, 1.165) is 19.3 Å². The van der Waals surface area contributed by atoms with Gasteiger partial charge in [0.25, 0.3) is 0 Å².